The Hall–Kier alpha value is -0.0400. The van der Waals surface area contributed by atoms with Crippen LogP contribution in [0.25, 0.3) is 0 Å². The Labute approximate surface area is 150 Å². The molecule has 0 radical (unpaired) electrons. The Morgan fingerprint density at radius 2 is 1.09 bits per heavy atom. The van der Waals surface area contributed by atoms with E-state index in [1.54, 1.807) is 0 Å². The molecule has 3 aliphatic carbocycles. The second-order valence-corrected chi connectivity index (χ2v) is 9.02. The quantitative estimate of drug-likeness (QED) is 0.516. The summed E-state index contributed by atoms with van der Waals surface area (Å²) in [4.78, 5) is 0. The van der Waals surface area contributed by atoms with Gasteiger partial charge in [0, 0.05) is 10.9 Å². The Balaban J connectivity index is 0. The highest BCUT2D eigenvalue weighted by molar-refractivity contribution is 4.81. The third kappa shape index (κ3) is 5.76. The first-order chi connectivity index (χ1) is 10.7. The van der Waals surface area contributed by atoms with E-state index in [4.69, 9.17) is 4.74 Å². The van der Waals surface area contributed by atoms with Crippen molar-refractivity contribution in [1.29, 1.82) is 0 Å². The lowest BCUT2D eigenvalue weighted by Crippen LogP contribution is -2.28. The molecule has 0 heterocycles. The van der Waals surface area contributed by atoms with Crippen molar-refractivity contribution in [2.75, 3.05) is 6.61 Å². The minimum absolute atomic E-state index is 0. The highest BCUT2D eigenvalue weighted by Crippen LogP contribution is 2.41. The smallest absolute Gasteiger partial charge is 0.0575 e. The van der Waals surface area contributed by atoms with Crippen molar-refractivity contribution in [3.05, 3.63) is 0 Å². The Morgan fingerprint density at radius 3 is 1.61 bits per heavy atom. The normalized spacial score (nSPS) is 42.0. The summed E-state index contributed by atoms with van der Waals surface area (Å²) in [5.41, 5.74) is 0. The fourth-order valence-corrected chi connectivity index (χ4v) is 5.25. The van der Waals surface area contributed by atoms with E-state index in [-0.39, 0.29) is 11.7 Å². The highest BCUT2D eigenvalue weighted by atomic mass is 16.5. The van der Waals surface area contributed by atoms with Crippen LogP contribution in [0.4, 0.5) is 0 Å². The molecular weight excluding hydrogens is 280 g/mol. The third-order valence-electron chi connectivity index (χ3n) is 7.15. The first-order valence-electron chi connectivity index (χ1n) is 10.3. The van der Waals surface area contributed by atoms with E-state index >= 15 is 0 Å². The number of hydrogen-bond donors (Lipinski definition) is 0. The lowest BCUT2D eigenvalue weighted by atomic mass is 9.69. The largest absolute Gasteiger partial charge is 0.378 e. The predicted octanol–water partition coefficient (Wildman–Crippen LogP) is 7.59. The first kappa shape index (κ1) is 19.3. The summed E-state index contributed by atoms with van der Waals surface area (Å²) in [6.07, 6.45) is 17.9. The van der Waals surface area contributed by atoms with Crippen LogP contribution in [-0.4, -0.2) is 12.7 Å². The van der Waals surface area contributed by atoms with E-state index in [1.165, 1.54) is 77.0 Å². The fraction of sp³-hybridized carbons (Fsp3) is 1.00. The molecule has 3 saturated carbocycles. The van der Waals surface area contributed by atoms with Crippen molar-refractivity contribution in [3.63, 3.8) is 0 Å². The van der Waals surface area contributed by atoms with Crippen molar-refractivity contribution in [2.24, 2.45) is 29.6 Å². The maximum atomic E-state index is 6.27. The molecule has 0 aromatic rings. The van der Waals surface area contributed by atoms with Crippen LogP contribution in [-0.2, 0) is 4.74 Å². The summed E-state index contributed by atoms with van der Waals surface area (Å²) in [5.74, 6) is 4.93. The van der Waals surface area contributed by atoms with Crippen molar-refractivity contribution in [1.82, 2.24) is 0 Å². The predicted molar refractivity (Wildman–Crippen MR) is 107 cm³/mol. The van der Waals surface area contributed by atoms with Crippen LogP contribution in [0.5, 0.6) is 0 Å². The van der Waals surface area contributed by atoms with Gasteiger partial charge in [-0.3, -0.25) is 0 Å². The van der Waals surface area contributed by atoms with E-state index < -0.39 is 0 Å². The molecule has 3 rings (SSSR count). The van der Waals surface area contributed by atoms with Gasteiger partial charge in [0.15, 0.2) is 0 Å². The van der Waals surface area contributed by atoms with E-state index in [9.17, 15) is 0 Å². The van der Waals surface area contributed by atoms with Gasteiger partial charge in [0.25, 0.3) is 0 Å². The molecule has 0 atom stereocenters. The summed E-state index contributed by atoms with van der Waals surface area (Å²) >= 11 is 0. The molecule has 23 heavy (non-hydrogen) atoms. The number of hydrogen-bond acceptors (Lipinski definition) is 1. The van der Waals surface area contributed by atoms with Gasteiger partial charge in [-0.15, -0.1) is 0 Å². The van der Waals surface area contributed by atoms with Crippen LogP contribution in [0.15, 0.2) is 0 Å². The SMILES string of the molecule is C.CC1CCC(OCC2CCC(C3CCC(C)CC3)CC2)CC1.[HH].[HH].[HH]. The van der Waals surface area contributed by atoms with Gasteiger partial charge in [-0.1, -0.05) is 34.1 Å². The van der Waals surface area contributed by atoms with Crippen molar-refractivity contribution >= 4 is 0 Å². The Bertz CT molecular complexity index is 315. The molecule has 1 nitrogen and oxygen atoms in total. The molecule has 142 valence electrons. The summed E-state index contributed by atoms with van der Waals surface area (Å²) in [6, 6.07) is 0. The molecule has 0 unspecified atom stereocenters. The highest BCUT2D eigenvalue weighted by Gasteiger charge is 2.30. The van der Waals surface area contributed by atoms with Gasteiger partial charge in [0.1, 0.15) is 0 Å². The van der Waals surface area contributed by atoms with Crippen LogP contribution in [0.2, 0.25) is 0 Å². The van der Waals surface area contributed by atoms with Gasteiger partial charge in [0.05, 0.1) is 6.10 Å². The van der Waals surface area contributed by atoms with Gasteiger partial charge >= 0.3 is 0 Å². The molecule has 0 aromatic carbocycles. The number of ether oxygens (including phenoxy) is 1. The molecule has 3 aliphatic rings. The van der Waals surface area contributed by atoms with E-state index in [0.29, 0.717) is 6.10 Å². The molecule has 0 spiro atoms. The molecule has 3 fully saturated rings. The molecule has 0 aromatic heterocycles. The summed E-state index contributed by atoms with van der Waals surface area (Å²) < 4.78 is 6.27. The van der Waals surface area contributed by atoms with Crippen LogP contribution in [0, 0.1) is 29.6 Å². The molecular formula is C22H48O. The van der Waals surface area contributed by atoms with Gasteiger partial charge in [0.2, 0.25) is 0 Å². The van der Waals surface area contributed by atoms with Crippen LogP contribution in [0.1, 0.15) is 103 Å². The average molecular weight is 329 g/mol. The Kier molecular flexibility index (Phi) is 7.92. The third-order valence-corrected chi connectivity index (χ3v) is 7.15. The van der Waals surface area contributed by atoms with Crippen LogP contribution < -0.4 is 0 Å². The molecule has 1 heteroatoms. The minimum atomic E-state index is 0. The second kappa shape index (κ2) is 9.44. The zero-order valence-corrected chi connectivity index (χ0v) is 15.1. The standard InChI is InChI=1S/C21H38O.CH4.3H2/c1-16-3-9-19(10-4-16)20-11-7-18(8-12-20)15-22-21-13-5-17(2)6-14-21;;;;/h16-21H,3-15H2,1-2H3;1H4;3*1H. The maximum absolute atomic E-state index is 6.27. The van der Waals surface area contributed by atoms with Crippen molar-refractivity contribution in [2.45, 2.75) is 104 Å². The summed E-state index contributed by atoms with van der Waals surface area (Å²) in [6.45, 7) is 5.90. The van der Waals surface area contributed by atoms with E-state index in [2.05, 4.69) is 13.8 Å². The fourth-order valence-electron chi connectivity index (χ4n) is 5.25. The first-order valence-corrected chi connectivity index (χ1v) is 10.3. The lowest BCUT2D eigenvalue weighted by molar-refractivity contribution is -0.0110. The number of rotatable bonds is 4. The molecule has 0 aliphatic heterocycles. The average Bonchev–Trinajstić information content (AvgIpc) is 2.56. The maximum Gasteiger partial charge on any atom is 0.0575 e. The summed E-state index contributed by atoms with van der Waals surface area (Å²) in [7, 11) is 0. The van der Waals surface area contributed by atoms with Gasteiger partial charge in [-0.25, -0.2) is 0 Å². The van der Waals surface area contributed by atoms with E-state index in [0.717, 1.165) is 36.2 Å². The van der Waals surface area contributed by atoms with Crippen molar-refractivity contribution in [3.8, 4) is 0 Å². The minimum Gasteiger partial charge on any atom is -0.378 e. The van der Waals surface area contributed by atoms with Crippen LogP contribution in [0.3, 0.4) is 0 Å². The monoisotopic (exact) mass is 328 g/mol. The topological polar surface area (TPSA) is 9.23 Å². The zero-order chi connectivity index (χ0) is 15.4. The van der Waals surface area contributed by atoms with Gasteiger partial charge in [-0.2, -0.15) is 0 Å². The zero-order valence-electron chi connectivity index (χ0n) is 15.1. The lowest BCUT2D eigenvalue weighted by Gasteiger charge is -2.37. The van der Waals surface area contributed by atoms with Gasteiger partial charge < -0.3 is 4.74 Å². The second-order valence-electron chi connectivity index (χ2n) is 9.02. The Morgan fingerprint density at radius 1 is 0.652 bits per heavy atom. The van der Waals surface area contributed by atoms with Crippen LogP contribution >= 0.6 is 0 Å². The van der Waals surface area contributed by atoms with Gasteiger partial charge in [-0.05, 0) is 93.8 Å². The molecule has 0 saturated heterocycles. The van der Waals surface area contributed by atoms with E-state index in [1.807, 2.05) is 0 Å². The summed E-state index contributed by atoms with van der Waals surface area (Å²) in [5, 5.41) is 0. The molecule has 0 bridgehead atoms. The van der Waals surface area contributed by atoms with Crippen molar-refractivity contribution < 1.29 is 9.02 Å². The molecule has 0 N–H and O–H groups in total. The molecule has 0 amide bonds.